The summed E-state index contributed by atoms with van der Waals surface area (Å²) in [5.41, 5.74) is 5.12. The topological polar surface area (TPSA) is 63.3 Å². The zero-order chi connectivity index (χ0) is 7.98. The first-order valence-electron chi connectivity index (χ1n) is 3.21. The zero-order valence-corrected chi connectivity index (χ0v) is 5.72. The van der Waals surface area contributed by atoms with Gasteiger partial charge in [0.1, 0.15) is 6.67 Å². The van der Waals surface area contributed by atoms with E-state index >= 15 is 0 Å². The van der Waals surface area contributed by atoms with Crippen molar-refractivity contribution in [2.45, 2.75) is 12.8 Å². The molecule has 3 nitrogen and oxygen atoms in total. The number of carbonyl (C=O) groups is 1. The fourth-order valence-electron chi connectivity index (χ4n) is 0.631. The van der Waals surface area contributed by atoms with Gasteiger partial charge < -0.3 is 10.8 Å². The lowest BCUT2D eigenvalue weighted by atomic mass is 10.1. The molecular formula is C6H12FNO2. The van der Waals surface area contributed by atoms with E-state index in [2.05, 4.69) is 0 Å². The summed E-state index contributed by atoms with van der Waals surface area (Å²) in [5.74, 6) is -1.93. The van der Waals surface area contributed by atoms with Crippen LogP contribution < -0.4 is 5.73 Å². The summed E-state index contributed by atoms with van der Waals surface area (Å²) in [6.45, 7) is -0.376. The Labute approximate surface area is 59.0 Å². The van der Waals surface area contributed by atoms with E-state index in [9.17, 15) is 9.18 Å². The van der Waals surface area contributed by atoms with Gasteiger partial charge in [-0.05, 0) is 19.4 Å². The Balaban J connectivity index is 3.50. The van der Waals surface area contributed by atoms with Crippen LogP contribution in [0.1, 0.15) is 12.8 Å². The van der Waals surface area contributed by atoms with Gasteiger partial charge in [0.25, 0.3) is 0 Å². The van der Waals surface area contributed by atoms with Gasteiger partial charge in [-0.2, -0.15) is 0 Å². The molecule has 3 N–H and O–H groups in total. The predicted molar refractivity (Wildman–Crippen MR) is 35.4 cm³/mol. The van der Waals surface area contributed by atoms with Crippen LogP contribution in [0.25, 0.3) is 0 Å². The van der Waals surface area contributed by atoms with Crippen LogP contribution in [0.4, 0.5) is 4.39 Å². The Morgan fingerprint density at radius 3 is 2.60 bits per heavy atom. The van der Waals surface area contributed by atoms with Gasteiger partial charge in [-0.1, -0.05) is 0 Å². The van der Waals surface area contributed by atoms with Crippen LogP contribution in [0.3, 0.4) is 0 Å². The van der Waals surface area contributed by atoms with Crippen LogP contribution in [-0.2, 0) is 4.79 Å². The highest BCUT2D eigenvalue weighted by molar-refractivity contribution is 5.69. The number of alkyl halides is 1. The van der Waals surface area contributed by atoms with Gasteiger partial charge in [0, 0.05) is 0 Å². The predicted octanol–water partition coefficient (Wildman–Crippen LogP) is 0.396. The molecule has 0 heterocycles. The molecule has 0 spiro atoms. The molecule has 0 aromatic heterocycles. The molecule has 0 radical (unpaired) electrons. The van der Waals surface area contributed by atoms with Gasteiger partial charge in [0.2, 0.25) is 0 Å². The molecule has 0 aromatic carbocycles. The van der Waals surface area contributed by atoms with Gasteiger partial charge in [-0.25, -0.2) is 0 Å². The number of hydrogen-bond acceptors (Lipinski definition) is 2. The summed E-state index contributed by atoms with van der Waals surface area (Å²) < 4.78 is 11.8. The van der Waals surface area contributed by atoms with Gasteiger partial charge in [-0.15, -0.1) is 0 Å². The second kappa shape index (κ2) is 5.17. The number of halogens is 1. The maximum atomic E-state index is 11.8. The lowest BCUT2D eigenvalue weighted by Gasteiger charge is -2.04. The number of carboxylic acids is 1. The highest BCUT2D eigenvalue weighted by Crippen LogP contribution is 2.05. The second-order valence-corrected chi connectivity index (χ2v) is 2.12. The zero-order valence-electron chi connectivity index (χ0n) is 5.72. The number of hydrogen-bond donors (Lipinski definition) is 2. The highest BCUT2D eigenvalue weighted by atomic mass is 19.1. The minimum absolute atomic E-state index is 0.336. The van der Waals surface area contributed by atoms with E-state index in [0.29, 0.717) is 19.4 Å². The fourth-order valence-corrected chi connectivity index (χ4v) is 0.631. The van der Waals surface area contributed by atoms with Crippen LogP contribution in [-0.4, -0.2) is 24.3 Å². The molecule has 10 heavy (non-hydrogen) atoms. The molecule has 0 aliphatic rings. The van der Waals surface area contributed by atoms with Crippen molar-refractivity contribution in [3.05, 3.63) is 0 Å². The summed E-state index contributed by atoms with van der Waals surface area (Å²) in [5, 5.41) is 8.32. The largest absolute Gasteiger partial charge is 0.481 e. The third-order valence-electron chi connectivity index (χ3n) is 1.29. The van der Waals surface area contributed by atoms with Crippen molar-refractivity contribution in [3.8, 4) is 0 Å². The number of carboxylic acid groups (broad SMARTS) is 1. The average Bonchev–Trinajstić information content (AvgIpc) is 1.89. The molecule has 0 saturated carbocycles. The minimum atomic E-state index is -1.07. The van der Waals surface area contributed by atoms with Crippen LogP contribution in [0, 0.1) is 5.92 Å². The van der Waals surface area contributed by atoms with Crippen LogP contribution in [0.2, 0.25) is 0 Å². The summed E-state index contributed by atoms with van der Waals surface area (Å²) in [6.07, 6.45) is 0.906. The van der Waals surface area contributed by atoms with Crippen molar-refractivity contribution >= 4 is 5.97 Å². The van der Waals surface area contributed by atoms with E-state index in [1.54, 1.807) is 0 Å². The van der Waals surface area contributed by atoms with Crippen molar-refractivity contribution in [1.29, 1.82) is 0 Å². The molecule has 0 rings (SSSR count). The number of rotatable bonds is 5. The lowest BCUT2D eigenvalue weighted by molar-refractivity contribution is -0.142. The standard InChI is InChI=1S/C6H12FNO2/c7-4-5(6(9)10)2-1-3-8/h5H,1-4,8H2,(H,9,10). The molecule has 0 amide bonds. The van der Waals surface area contributed by atoms with E-state index < -0.39 is 18.6 Å². The van der Waals surface area contributed by atoms with Crippen molar-refractivity contribution in [1.82, 2.24) is 0 Å². The molecule has 0 aliphatic heterocycles. The van der Waals surface area contributed by atoms with Gasteiger partial charge in [0.05, 0.1) is 5.92 Å². The molecule has 0 saturated heterocycles. The van der Waals surface area contributed by atoms with Crippen LogP contribution >= 0.6 is 0 Å². The average molecular weight is 149 g/mol. The summed E-state index contributed by atoms with van der Waals surface area (Å²) >= 11 is 0. The van der Waals surface area contributed by atoms with E-state index in [0.717, 1.165) is 0 Å². The van der Waals surface area contributed by atoms with E-state index in [-0.39, 0.29) is 0 Å². The Morgan fingerprint density at radius 2 is 2.30 bits per heavy atom. The smallest absolute Gasteiger partial charge is 0.309 e. The van der Waals surface area contributed by atoms with Crippen LogP contribution in [0.5, 0.6) is 0 Å². The van der Waals surface area contributed by atoms with Crippen molar-refractivity contribution < 1.29 is 14.3 Å². The summed E-state index contributed by atoms with van der Waals surface area (Å²) in [4.78, 5) is 10.2. The molecule has 1 unspecified atom stereocenters. The molecule has 0 aromatic rings. The summed E-state index contributed by atoms with van der Waals surface area (Å²) in [7, 11) is 0. The number of aliphatic carboxylic acids is 1. The quantitative estimate of drug-likeness (QED) is 0.594. The van der Waals surface area contributed by atoms with E-state index in [1.807, 2.05) is 0 Å². The van der Waals surface area contributed by atoms with Crippen LogP contribution in [0.15, 0.2) is 0 Å². The Hall–Kier alpha value is -0.640. The first kappa shape index (κ1) is 9.36. The Morgan fingerprint density at radius 1 is 1.70 bits per heavy atom. The van der Waals surface area contributed by atoms with Gasteiger partial charge >= 0.3 is 5.97 Å². The highest BCUT2D eigenvalue weighted by Gasteiger charge is 2.15. The normalized spacial score (nSPS) is 13.0. The fraction of sp³-hybridized carbons (Fsp3) is 0.833. The maximum absolute atomic E-state index is 11.8. The Kier molecular flexibility index (Phi) is 4.84. The minimum Gasteiger partial charge on any atom is -0.481 e. The third-order valence-corrected chi connectivity index (χ3v) is 1.29. The molecule has 4 heteroatoms. The van der Waals surface area contributed by atoms with Crippen molar-refractivity contribution in [2.75, 3.05) is 13.2 Å². The summed E-state index contributed by atoms with van der Waals surface area (Å²) in [6, 6.07) is 0. The maximum Gasteiger partial charge on any atom is 0.309 e. The SMILES string of the molecule is NCCCC(CF)C(=O)O. The molecule has 0 aliphatic carbocycles. The van der Waals surface area contributed by atoms with Gasteiger partial charge in [-0.3, -0.25) is 9.18 Å². The Bertz CT molecular complexity index is 108. The second-order valence-electron chi connectivity index (χ2n) is 2.12. The third kappa shape index (κ3) is 3.40. The monoisotopic (exact) mass is 149 g/mol. The molecule has 1 atom stereocenters. The number of nitrogens with two attached hydrogens (primary N) is 1. The first-order valence-corrected chi connectivity index (χ1v) is 3.21. The van der Waals surface area contributed by atoms with Crippen molar-refractivity contribution in [2.24, 2.45) is 11.7 Å². The van der Waals surface area contributed by atoms with E-state index in [4.69, 9.17) is 10.8 Å². The first-order chi connectivity index (χ1) is 4.72. The molecule has 60 valence electrons. The van der Waals surface area contributed by atoms with E-state index in [1.165, 1.54) is 0 Å². The van der Waals surface area contributed by atoms with Gasteiger partial charge in [0.15, 0.2) is 0 Å². The molecular weight excluding hydrogens is 137 g/mol. The van der Waals surface area contributed by atoms with Crippen molar-refractivity contribution in [3.63, 3.8) is 0 Å². The lowest BCUT2D eigenvalue weighted by Crippen LogP contribution is -2.16. The molecule has 0 fully saturated rings. The molecule has 0 bridgehead atoms.